The van der Waals surface area contributed by atoms with Crippen LogP contribution < -0.4 is 5.73 Å². The molecule has 0 spiro atoms. The molecule has 2 N–H and O–H groups in total. The molecule has 1 aromatic heterocycles. The largest absolute Gasteiger partial charge is 0.326 e. The molecule has 3 nitrogen and oxygen atoms in total. The van der Waals surface area contributed by atoms with E-state index >= 15 is 0 Å². The van der Waals surface area contributed by atoms with Crippen LogP contribution in [0.2, 0.25) is 0 Å². The third kappa shape index (κ3) is 2.19. The van der Waals surface area contributed by atoms with Crippen LogP contribution in [-0.2, 0) is 0 Å². The van der Waals surface area contributed by atoms with E-state index in [-0.39, 0.29) is 0 Å². The second-order valence-electron chi connectivity index (χ2n) is 4.55. The van der Waals surface area contributed by atoms with Crippen LogP contribution in [0.1, 0.15) is 25.5 Å². The highest BCUT2D eigenvalue weighted by atomic mass is 15.2. The summed E-state index contributed by atoms with van der Waals surface area (Å²) in [6, 6.07) is 4.94. The van der Waals surface area contributed by atoms with Crippen molar-refractivity contribution in [2.24, 2.45) is 11.7 Å². The van der Waals surface area contributed by atoms with Crippen LogP contribution >= 0.6 is 0 Å². The first-order valence-electron chi connectivity index (χ1n) is 5.58. The monoisotopic (exact) mass is 205 g/mol. The molecule has 0 bridgehead atoms. The summed E-state index contributed by atoms with van der Waals surface area (Å²) < 4.78 is 0. The van der Waals surface area contributed by atoms with Crippen LogP contribution in [0.5, 0.6) is 0 Å². The zero-order valence-electron chi connectivity index (χ0n) is 9.43. The van der Waals surface area contributed by atoms with Crippen molar-refractivity contribution in [2.45, 2.75) is 25.9 Å². The van der Waals surface area contributed by atoms with Crippen LogP contribution in [0.15, 0.2) is 24.5 Å². The molecule has 82 valence electrons. The van der Waals surface area contributed by atoms with Gasteiger partial charge in [0.2, 0.25) is 0 Å². The number of aromatic nitrogens is 1. The van der Waals surface area contributed by atoms with Gasteiger partial charge in [-0.05, 0) is 30.5 Å². The van der Waals surface area contributed by atoms with Crippen molar-refractivity contribution < 1.29 is 0 Å². The van der Waals surface area contributed by atoms with Gasteiger partial charge in [-0.2, -0.15) is 0 Å². The Morgan fingerprint density at radius 2 is 2.07 bits per heavy atom. The van der Waals surface area contributed by atoms with Crippen LogP contribution in [0.4, 0.5) is 0 Å². The molecule has 1 aliphatic heterocycles. The number of rotatable bonds is 2. The number of likely N-dealkylation sites (tertiary alicyclic amines) is 1. The molecule has 3 unspecified atom stereocenters. The Hall–Kier alpha value is -0.930. The van der Waals surface area contributed by atoms with E-state index in [1.165, 1.54) is 5.56 Å². The van der Waals surface area contributed by atoms with E-state index in [1.54, 1.807) is 0 Å². The van der Waals surface area contributed by atoms with Crippen molar-refractivity contribution >= 4 is 0 Å². The lowest BCUT2D eigenvalue weighted by molar-refractivity contribution is 0.253. The molecule has 15 heavy (non-hydrogen) atoms. The smallest absolute Gasteiger partial charge is 0.0321 e. The van der Waals surface area contributed by atoms with Crippen molar-refractivity contribution in [3.8, 4) is 0 Å². The van der Waals surface area contributed by atoms with Crippen LogP contribution in [0.3, 0.4) is 0 Å². The number of hydrogen-bond acceptors (Lipinski definition) is 3. The molecule has 1 aliphatic rings. The van der Waals surface area contributed by atoms with Gasteiger partial charge in [0.05, 0.1) is 0 Å². The summed E-state index contributed by atoms with van der Waals surface area (Å²) in [5, 5.41) is 0. The van der Waals surface area contributed by atoms with Gasteiger partial charge in [-0.15, -0.1) is 0 Å². The van der Waals surface area contributed by atoms with Gasteiger partial charge in [0.25, 0.3) is 0 Å². The highest BCUT2D eigenvalue weighted by molar-refractivity contribution is 5.15. The van der Waals surface area contributed by atoms with Crippen LogP contribution in [0, 0.1) is 5.92 Å². The highest BCUT2D eigenvalue weighted by Gasteiger charge is 2.29. The van der Waals surface area contributed by atoms with Gasteiger partial charge in [-0.1, -0.05) is 6.92 Å². The van der Waals surface area contributed by atoms with E-state index in [0.29, 0.717) is 18.0 Å². The second kappa shape index (κ2) is 4.29. The Morgan fingerprint density at radius 3 is 2.60 bits per heavy atom. The summed E-state index contributed by atoms with van der Waals surface area (Å²) in [7, 11) is 0. The predicted molar refractivity (Wildman–Crippen MR) is 61.4 cm³/mol. The van der Waals surface area contributed by atoms with Crippen molar-refractivity contribution in [1.82, 2.24) is 9.88 Å². The Labute approximate surface area is 91.3 Å². The summed E-state index contributed by atoms with van der Waals surface area (Å²) >= 11 is 0. The first-order chi connectivity index (χ1) is 7.18. The fourth-order valence-corrected chi connectivity index (χ4v) is 2.20. The molecule has 0 amide bonds. The fraction of sp³-hybridized carbons (Fsp3) is 0.583. The lowest BCUT2D eigenvalue weighted by Gasteiger charge is -2.24. The summed E-state index contributed by atoms with van der Waals surface area (Å²) in [5.41, 5.74) is 7.36. The zero-order valence-corrected chi connectivity index (χ0v) is 9.43. The van der Waals surface area contributed by atoms with Gasteiger partial charge in [-0.3, -0.25) is 9.88 Å². The number of hydrogen-bond donors (Lipinski definition) is 1. The second-order valence-corrected chi connectivity index (χ2v) is 4.55. The van der Waals surface area contributed by atoms with Gasteiger partial charge in [0.15, 0.2) is 0 Å². The van der Waals surface area contributed by atoms with E-state index in [2.05, 4.69) is 35.9 Å². The third-order valence-corrected chi connectivity index (χ3v) is 3.43. The van der Waals surface area contributed by atoms with Gasteiger partial charge < -0.3 is 5.73 Å². The normalized spacial score (nSPS) is 29.3. The molecule has 1 fully saturated rings. The van der Waals surface area contributed by atoms with Crippen LogP contribution in [0.25, 0.3) is 0 Å². The van der Waals surface area contributed by atoms with E-state index in [1.807, 2.05) is 12.4 Å². The van der Waals surface area contributed by atoms with Gasteiger partial charge in [0.1, 0.15) is 0 Å². The summed E-state index contributed by atoms with van der Waals surface area (Å²) in [5.74, 6) is 0.606. The van der Waals surface area contributed by atoms with Gasteiger partial charge in [0, 0.05) is 37.6 Å². The van der Waals surface area contributed by atoms with E-state index in [0.717, 1.165) is 13.1 Å². The van der Waals surface area contributed by atoms with E-state index in [4.69, 9.17) is 5.73 Å². The number of pyridine rings is 1. The van der Waals surface area contributed by atoms with E-state index < -0.39 is 0 Å². The standard InChI is InChI=1S/C12H19N3/c1-9-7-15(8-12(9)13)10(2)11-3-5-14-6-4-11/h3-6,9-10,12H,7-8,13H2,1-2H3. The Kier molecular flexibility index (Phi) is 3.03. The molecule has 2 heterocycles. The topological polar surface area (TPSA) is 42.2 Å². The number of nitrogens with zero attached hydrogens (tertiary/aromatic N) is 2. The quantitative estimate of drug-likeness (QED) is 0.794. The molecule has 3 atom stereocenters. The molecule has 0 radical (unpaired) electrons. The van der Waals surface area contributed by atoms with Crippen LogP contribution in [-0.4, -0.2) is 29.0 Å². The highest BCUT2D eigenvalue weighted by Crippen LogP contribution is 2.25. The molecule has 1 saturated heterocycles. The van der Waals surface area contributed by atoms with Gasteiger partial charge in [-0.25, -0.2) is 0 Å². The molecule has 2 rings (SSSR count). The third-order valence-electron chi connectivity index (χ3n) is 3.43. The Balaban J connectivity index is 2.07. The average Bonchev–Trinajstić information content (AvgIpc) is 2.59. The van der Waals surface area contributed by atoms with Crippen molar-refractivity contribution in [1.29, 1.82) is 0 Å². The zero-order chi connectivity index (χ0) is 10.8. The molecule has 1 aromatic rings. The maximum Gasteiger partial charge on any atom is 0.0321 e. The van der Waals surface area contributed by atoms with Gasteiger partial charge >= 0.3 is 0 Å². The Bertz CT molecular complexity index is 302. The minimum absolute atomic E-state index is 0.328. The van der Waals surface area contributed by atoms with E-state index in [9.17, 15) is 0 Å². The minimum atomic E-state index is 0.328. The maximum absolute atomic E-state index is 6.03. The SMILES string of the molecule is CC1CN(C(C)c2ccncc2)CC1N. The first-order valence-corrected chi connectivity index (χ1v) is 5.58. The Morgan fingerprint density at radius 1 is 1.40 bits per heavy atom. The lowest BCUT2D eigenvalue weighted by atomic mass is 10.1. The summed E-state index contributed by atoms with van der Waals surface area (Å²) in [6.07, 6.45) is 3.70. The molecule has 0 saturated carbocycles. The fourth-order valence-electron chi connectivity index (χ4n) is 2.20. The van der Waals surface area contributed by atoms with Crippen molar-refractivity contribution in [2.75, 3.05) is 13.1 Å². The van der Waals surface area contributed by atoms with Crippen molar-refractivity contribution in [3.63, 3.8) is 0 Å². The molecular formula is C12H19N3. The molecule has 0 aromatic carbocycles. The number of nitrogens with two attached hydrogens (primary N) is 1. The summed E-state index contributed by atoms with van der Waals surface area (Å²) in [6.45, 7) is 6.57. The maximum atomic E-state index is 6.03. The van der Waals surface area contributed by atoms with Crippen molar-refractivity contribution in [3.05, 3.63) is 30.1 Å². The summed E-state index contributed by atoms with van der Waals surface area (Å²) in [4.78, 5) is 6.49. The lowest BCUT2D eigenvalue weighted by Crippen LogP contribution is -2.29. The molecule has 0 aliphatic carbocycles. The minimum Gasteiger partial charge on any atom is -0.326 e. The molecular weight excluding hydrogens is 186 g/mol. The molecule has 3 heteroatoms. The average molecular weight is 205 g/mol. The predicted octanol–water partition coefficient (Wildman–Crippen LogP) is 1.42. The first kappa shape index (κ1) is 10.6.